The molecule has 0 bridgehead atoms. The van der Waals surface area contributed by atoms with Gasteiger partial charge < -0.3 is 0 Å². The standard InChI is InChI=1S/C14H21Br/c1-13(2,3)10-7-8-12(15)11(9-10)14(4,5)6/h7-9H,1-6H3. The molecule has 0 heterocycles. The lowest BCUT2D eigenvalue weighted by Gasteiger charge is -2.25. The Hall–Kier alpha value is -0.300. The third-order valence-electron chi connectivity index (χ3n) is 2.64. The van der Waals surface area contributed by atoms with Crippen molar-refractivity contribution in [3.05, 3.63) is 33.8 Å². The predicted molar refractivity (Wildman–Crippen MR) is 71.5 cm³/mol. The Morgan fingerprint density at radius 2 is 1.40 bits per heavy atom. The molecule has 0 radical (unpaired) electrons. The molecule has 0 spiro atoms. The molecule has 0 amide bonds. The van der Waals surface area contributed by atoms with Crippen LogP contribution in [0.2, 0.25) is 0 Å². The van der Waals surface area contributed by atoms with Crippen LogP contribution in [0, 0.1) is 0 Å². The monoisotopic (exact) mass is 268 g/mol. The third kappa shape index (κ3) is 3.07. The molecule has 1 aromatic rings. The van der Waals surface area contributed by atoms with E-state index in [-0.39, 0.29) is 10.8 Å². The highest BCUT2D eigenvalue weighted by Gasteiger charge is 2.21. The summed E-state index contributed by atoms with van der Waals surface area (Å²) in [5, 5.41) is 0. The summed E-state index contributed by atoms with van der Waals surface area (Å²) in [7, 11) is 0. The first-order valence-corrected chi connectivity index (χ1v) is 6.22. The van der Waals surface area contributed by atoms with Gasteiger partial charge >= 0.3 is 0 Å². The molecule has 0 saturated carbocycles. The van der Waals surface area contributed by atoms with Crippen molar-refractivity contribution in [1.29, 1.82) is 0 Å². The summed E-state index contributed by atoms with van der Waals surface area (Å²) in [5.74, 6) is 0. The van der Waals surface area contributed by atoms with Gasteiger partial charge in [0, 0.05) is 4.47 Å². The average molecular weight is 269 g/mol. The van der Waals surface area contributed by atoms with Gasteiger partial charge in [-0.25, -0.2) is 0 Å². The van der Waals surface area contributed by atoms with E-state index in [1.165, 1.54) is 15.6 Å². The van der Waals surface area contributed by atoms with Gasteiger partial charge in [-0.1, -0.05) is 69.6 Å². The maximum absolute atomic E-state index is 3.63. The van der Waals surface area contributed by atoms with Crippen LogP contribution < -0.4 is 0 Å². The highest BCUT2D eigenvalue weighted by molar-refractivity contribution is 9.10. The van der Waals surface area contributed by atoms with Crippen molar-refractivity contribution in [1.82, 2.24) is 0 Å². The van der Waals surface area contributed by atoms with Gasteiger partial charge in [-0.3, -0.25) is 0 Å². The molecule has 0 nitrogen and oxygen atoms in total. The number of hydrogen-bond donors (Lipinski definition) is 0. The molecular formula is C14H21Br. The SMILES string of the molecule is CC(C)(C)c1ccc(Br)c(C(C)(C)C)c1. The van der Waals surface area contributed by atoms with Crippen LogP contribution in [0.15, 0.2) is 22.7 Å². The highest BCUT2D eigenvalue weighted by atomic mass is 79.9. The number of halogens is 1. The Morgan fingerprint density at radius 1 is 0.867 bits per heavy atom. The van der Waals surface area contributed by atoms with Crippen molar-refractivity contribution in [2.45, 2.75) is 52.4 Å². The Bertz CT molecular complexity index is 351. The van der Waals surface area contributed by atoms with Crippen molar-refractivity contribution in [2.24, 2.45) is 0 Å². The summed E-state index contributed by atoms with van der Waals surface area (Å²) in [4.78, 5) is 0. The number of hydrogen-bond acceptors (Lipinski definition) is 0. The minimum atomic E-state index is 0.195. The molecule has 0 aliphatic rings. The Balaban J connectivity index is 3.30. The quantitative estimate of drug-likeness (QED) is 0.618. The van der Waals surface area contributed by atoms with E-state index >= 15 is 0 Å². The highest BCUT2D eigenvalue weighted by Crippen LogP contribution is 2.33. The van der Waals surface area contributed by atoms with Crippen LogP contribution in [0.4, 0.5) is 0 Å². The van der Waals surface area contributed by atoms with Crippen molar-refractivity contribution in [3.8, 4) is 0 Å². The second-order valence-electron chi connectivity index (χ2n) is 6.19. The van der Waals surface area contributed by atoms with Gasteiger partial charge in [0.05, 0.1) is 0 Å². The zero-order valence-corrected chi connectivity index (χ0v) is 12.2. The summed E-state index contributed by atoms with van der Waals surface area (Å²) < 4.78 is 1.21. The molecule has 15 heavy (non-hydrogen) atoms. The molecule has 1 heteroatoms. The molecule has 0 atom stereocenters. The van der Waals surface area contributed by atoms with Crippen LogP contribution in [0.5, 0.6) is 0 Å². The Labute approximate surface area is 102 Å². The van der Waals surface area contributed by atoms with E-state index in [9.17, 15) is 0 Å². The van der Waals surface area contributed by atoms with Gasteiger partial charge in [0.1, 0.15) is 0 Å². The Kier molecular flexibility index (Phi) is 3.35. The molecule has 0 aliphatic carbocycles. The van der Waals surface area contributed by atoms with E-state index in [4.69, 9.17) is 0 Å². The molecule has 0 aromatic heterocycles. The fraction of sp³-hybridized carbons (Fsp3) is 0.571. The van der Waals surface area contributed by atoms with Crippen molar-refractivity contribution >= 4 is 15.9 Å². The first kappa shape index (κ1) is 12.8. The van der Waals surface area contributed by atoms with E-state index in [2.05, 4.69) is 75.7 Å². The van der Waals surface area contributed by atoms with E-state index in [0.29, 0.717) is 0 Å². The fourth-order valence-electron chi connectivity index (χ4n) is 1.57. The second kappa shape index (κ2) is 3.93. The topological polar surface area (TPSA) is 0 Å². The van der Waals surface area contributed by atoms with Gasteiger partial charge in [0.25, 0.3) is 0 Å². The molecule has 0 saturated heterocycles. The van der Waals surface area contributed by atoms with Crippen LogP contribution in [0.1, 0.15) is 52.7 Å². The van der Waals surface area contributed by atoms with Gasteiger partial charge in [-0.15, -0.1) is 0 Å². The summed E-state index contributed by atoms with van der Waals surface area (Å²) in [6.45, 7) is 13.5. The molecule has 1 rings (SSSR count). The van der Waals surface area contributed by atoms with Crippen molar-refractivity contribution < 1.29 is 0 Å². The maximum Gasteiger partial charge on any atom is 0.0212 e. The second-order valence-corrected chi connectivity index (χ2v) is 7.05. The lowest BCUT2D eigenvalue weighted by atomic mass is 9.81. The minimum absolute atomic E-state index is 0.195. The average Bonchev–Trinajstić information content (AvgIpc) is 2.00. The summed E-state index contributed by atoms with van der Waals surface area (Å²) in [6, 6.07) is 6.70. The Morgan fingerprint density at radius 3 is 1.80 bits per heavy atom. The first-order valence-electron chi connectivity index (χ1n) is 5.43. The molecule has 0 fully saturated rings. The van der Waals surface area contributed by atoms with Crippen molar-refractivity contribution in [3.63, 3.8) is 0 Å². The fourth-order valence-corrected chi connectivity index (χ4v) is 2.41. The molecule has 0 unspecified atom stereocenters. The van der Waals surface area contributed by atoms with Gasteiger partial charge in [0.15, 0.2) is 0 Å². The number of rotatable bonds is 0. The van der Waals surface area contributed by atoms with Gasteiger partial charge in [-0.2, -0.15) is 0 Å². The molecular weight excluding hydrogens is 248 g/mol. The smallest absolute Gasteiger partial charge is 0.0212 e. The number of benzene rings is 1. The normalized spacial score (nSPS) is 13.0. The van der Waals surface area contributed by atoms with Gasteiger partial charge in [-0.05, 0) is 28.0 Å². The molecule has 0 N–H and O–H groups in total. The predicted octanol–water partition coefficient (Wildman–Crippen LogP) is 5.04. The first-order chi connectivity index (χ1) is 6.62. The molecule has 1 aromatic carbocycles. The summed E-state index contributed by atoms with van der Waals surface area (Å²) in [6.07, 6.45) is 0. The molecule has 84 valence electrons. The molecule has 0 aliphatic heterocycles. The lowest BCUT2D eigenvalue weighted by Crippen LogP contribution is -2.16. The van der Waals surface area contributed by atoms with Crippen LogP contribution in [-0.4, -0.2) is 0 Å². The summed E-state index contributed by atoms with van der Waals surface area (Å²) in [5.41, 5.74) is 3.20. The third-order valence-corrected chi connectivity index (χ3v) is 3.33. The zero-order valence-electron chi connectivity index (χ0n) is 10.6. The maximum atomic E-state index is 3.63. The lowest BCUT2D eigenvalue weighted by molar-refractivity contribution is 0.566. The van der Waals surface area contributed by atoms with Crippen LogP contribution >= 0.6 is 15.9 Å². The van der Waals surface area contributed by atoms with E-state index in [1.54, 1.807) is 0 Å². The van der Waals surface area contributed by atoms with Crippen LogP contribution in [0.25, 0.3) is 0 Å². The largest absolute Gasteiger partial charge is 0.0574 e. The zero-order chi connectivity index (χ0) is 11.9. The van der Waals surface area contributed by atoms with Gasteiger partial charge in [0.2, 0.25) is 0 Å². The van der Waals surface area contributed by atoms with E-state index in [1.807, 2.05) is 0 Å². The van der Waals surface area contributed by atoms with Crippen molar-refractivity contribution in [2.75, 3.05) is 0 Å². The summed E-state index contributed by atoms with van der Waals surface area (Å²) >= 11 is 3.63. The van der Waals surface area contributed by atoms with Crippen LogP contribution in [0.3, 0.4) is 0 Å². The van der Waals surface area contributed by atoms with Crippen LogP contribution in [-0.2, 0) is 10.8 Å². The van der Waals surface area contributed by atoms with E-state index < -0.39 is 0 Å². The van der Waals surface area contributed by atoms with E-state index in [0.717, 1.165) is 0 Å². The minimum Gasteiger partial charge on any atom is -0.0574 e.